The van der Waals surface area contributed by atoms with Gasteiger partial charge in [0.1, 0.15) is 5.69 Å². The molecule has 0 aliphatic heterocycles. The number of nitrogens with zero attached hydrogens (tertiary/aromatic N) is 2. The Kier molecular flexibility index (Phi) is 4.42. The number of aromatic amines is 1. The van der Waals surface area contributed by atoms with Gasteiger partial charge in [-0.1, -0.05) is 18.2 Å². The zero-order valence-corrected chi connectivity index (χ0v) is 12.5. The van der Waals surface area contributed by atoms with Crippen LogP contribution < -0.4 is 10.9 Å². The smallest absolute Gasteiger partial charge is 0.270 e. The van der Waals surface area contributed by atoms with Crippen LogP contribution in [0.15, 0.2) is 53.5 Å². The second-order valence-electron chi connectivity index (χ2n) is 5.13. The van der Waals surface area contributed by atoms with Gasteiger partial charge in [-0.25, -0.2) is 4.98 Å². The molecule has 6 nitrogen and oxygen atoms in total. The fourth-order valence-corrected chi connectivity index (χ4v) is 2.25. The molecule has 3 aromatic rings. The van der Waals surface area contributed by atoms with Crippen molar-refractivity contribution in [3.8, 4) is 0 Å². The Morgan fingerprint density at radius 3 is 2.78 bits per heavy atom. The number of carbonyl (C=O) groups is 1. The highest BCUT2D eigenvalue weighted by Gasteiger charge is 2.08. The average molecular weight is 308 g/mol. The molecule has 2 heterocycles. The topological polar surface area (TPSA) is 87.7 Å². The van der Waals surface area contributed by atoms with E-state index in [4.69, 9.17) is 0 Å². The summed E-state index contributed by atoms with van der Waals surface area (Å²) in [5.74, 6) is -0.134. The summed E-state index contributed by atoms with van der Waals surface area (Å²) in [6.07, 6.45) is 2.19. The molecule has 0 aliphatic carbocycles. The molecule has 0 spiro atoms. The minimum absolute atomic E-state index is 0.134. The van der Waals surface area contributed by atoms with Crippen molar-refractivity contribution in [2.75, 3.05) is 0 Å². The molecule has 1 amide bonds. The Morgan fingerprint density at radius 2 is 1.96 bits per heavy atom. The fraction of sp³-hybridized carbons (Fsp3) is 0.176. The van der Waals surface area contributed by atoms with Crippen molar-refractivity contribution >= 4 is 16.9 Å². The van der Waals surface area contributed by atoms with Crippen molar-refractivity contribution in [3.63, 3.8) is 0 Å². The fourth-order valence-electron chi connectivity index (χ4n) is 2.25. The van der Waals surface area contributed by atoms with Crippen molar-refractivity contribution < 1.29 is 4.79 Å². The Labute approximate surface area is 132 Å². The van der Waals surface area contributed by atoms with Crippen LogP contribution in [0.3, 0.4) is 0 Å². The zero-order valence-electron chi connectivity index (χ0n) is 12.5. The van der Waals surface area contributed by atoms with Crippen molar-refractivity contribution in [1.29, 1.82) is 0 Å². The van der Waals surface area contributed by atoms with E-state index in [0.717, 1.165) is 11.2 Å². The predicted molar refractivity (Wildman–Crippen MR) is 86.8 cm³/mol. The maximum atomic E-state index is 12.0. The number of carbonyl (C=O) groups excluding carboxylic acids is 1. The van der Waals surface area contributed by atoms with E-state index >= 15 is 0 Å². The highest BCUT2D eigenvalue weighted by Crippen LogP contribution is 2.06. The standard InChI is InChI=1S/C17H16N4O2/c22-16(19-11-12-5-3-4-10-18-12)9-8-15-17(23)21-14-7-2-1-6-13(14)20-15/h1-7,10H,8-9,11H2,(H,19,22)(H,21,23). The molecule has 6 heteroatoms. The number of rotatable bonds is 5. The molecule has 23 heavy (non-hydrogen) atoms. The molecule has 0 fully saturated rings. The molecule has 0 bridgehead atoms. The summed E-state index contributed by atoms with van der Waals surface area (Å²) < 4.78 is 0. The molecule has 2 N–H and O–H groups in total. The molecule has 1 aromatic carbocycles. The maximum Gasteiger partial charge on any atom is 0.270 e. The average Bonchev–Trinajstić information content (AvgIpc) is 2.59. The zero-order chi connectivity index (χ0) is 16.1. The number of para-hydroxylation sites is 2. The van der Waals surface area contributed by atoms with Gasteiger partial charge in [-0.2, -0.15) is 0 Å². The summed E-state index contributed by atoms with van der Waals surface area (Å²) in [6, 6.07) is 12.9. The number of nitrogens with one attached hydrogen (secondary N) is 2. The van der Waals surface area contributed by atoms with Crippen LogP contribution in [0.25, 0.3) is 11.0 Å². The lowest BCUT2D eigenvalue weighted by Gasteiger charge is -2.05. The van der Waals surface area contributed by atoms with Crippen molar-refractivity contribution in [3.05, 3.63) is 70.4 Å². The van der Waals surface area contributed by atoms with Crippen LogP contribution in [-0.4, -0.2) is 20.9 Å². The van der Waals surface area contributed by atoms with Crippen molar-refractivity contribution in [1.82, 2.24) is 20.3 Å². The number of H-pyrrole nitrogens is 1. The lowest BCUT2D eigenvalue weighted by molar-refractivity contribution is -0.121. The van der Waals surface area contributed by atoms with Gasteiger partial charge in [0, 0.05) is 19.0 Å². The van der Waals surface area contributed by atoms with Crippen LogP contribution in [0.2, 0.25) is 0 Å². The summed E-state index contributed by atoms with van der Waals surface area (Å²) in [7, 11) is 0. The van der Waals surface area contributed by atoms with E-state index in [9.17, 15) is 9.59 Å². The van der Waals surface area contributed by atoms with E-state index in [1.165, 1.54) is 0 Å². The van der Waals surface area contributed by atoms with E-state index in [-0.39, 0.29) is 17.9 Å². The van der Waals surface area contributed by atoms with E-state index in [2.05, 4.69) is 20.3 Å². The van der Waals surface area contributed by atoms with Gasteiger partial charge in [-0.15, -0.1) is 0 Å². The van der Waals surface area contributed by atoms with Gasteiger partial charge in [0.15, 0.2) is 0 Å². The van der Waals surface area contributed by atoms with Crippen molar-refractivity contribution in [2.24, 2.45) is 0 Å². The molecule has 0 unspecified atom stereocenters. The molecule has 0 radical (unpaired) electrons. The Morgan fingerprint density at radius 1 is 1.13 bits per heavy atom. The van der Waals surface area contributed by atoms with Crippen LogP contribution in [0.1, 0.15) is 17.8 Å². The monoisotopic (exact) mass is 308 g/mol. The third-order valence-corrected chi connectivity index (χ3v) is 3.45. The van der Waals surface area contributed by atoms with E-state index in [1.54, 1.807) is 12.3 Å². The van der Waals surface area contributed by atoms with Gasteiger partial charge in [-0.05, 0) is 24.3 Å². The number of hydrogen-bond acceptors (Lipinski definition) is 4. The van der Waals surface area contributed by atoms with Gasteiger partial charge in [0.25, 0.3) is 5.56 Å². The van der Waals surface area contributed by atoms with Gasteiger partial charge in [0.2, 0.25) is 5.91 Å². The number of hydrogen-bond donors (Lipinski definition) is 2. The second-order valence-corrected chi connectivity index (χ2v) is 5.13. The van der Waals surface area contributed by atoms with Crippen LogP contribution in [0.4, 0.5) is 0 Å². The molecule has 0 saturated carbocycles. The van der Waals surface area contributed by atoms with Crippen LogP contribution in [-0.2, 0) is 17.8 Å². The van der Waals surface area contributed by atoms with Gasteiger partial charge in [0.05, 0.1) is 23.3 Å². The highest BCUT2D eigenvalue weighted by molar-refractivity contribution is 5.76. The SMILES string of the molecule is O=C(CCc1nc2ccccc2[nH]c1=O)NCc1ccccn1. The van der Waals surface area contributed by atoms with E-state index < -0.39 is 0 Å². The van der Waals surface area contributed by atoms with Crippen LogP contribution in [0, 0.1) is 0 Å². The molecular weight excluding hydrogens is 292 g/mol. The molecule has 0 atom stereocenters. The van der Waals surface area contributed by atoms with E-state index in [1.807, 2.05) is 36.4 Å². The minimum atomic E-state index is -0.249. The maximum absolute atomic E-state index is 12.0. The third-order valence-electron chi connectivity index (χ3n) is 3.45. The molecule has 3 rings (SSSR count). The van der Waals surface area contributed by atoms with E-state index in [0.29, 0.717) is 24.2 Å². The normalized spacial score (nSPS) is 10.6. The summed E-state index contributed by atoms with van der Waals surface area (Å²) in [5, 5.41) is 2.78. The molecule has 2 aromatic heterocycles. The highest BCUT2D eigenvalue weighted by atomic mass is 16.1. The molecule has 0 saturated heterocycles. The number of benzene rings is 1. The van der Waals surface area contributed by atoms with Gasteiger partial charge >= 0.3 is 0 Å². The first-order chi connectivity index (χ1) is 11.2. The lowest BCUT2D eigenvalue weighted by Crippen LogP contribution is -2.25. The number of pyridine rings is 1. The first kappa shape index (κ1) is 14.9. The second kappa shape index (κ2) is 6.83. The Hall–Kier alpha value is -3.02. The number of fused-ring (bicyclic) bond motifs is 1. The van der Waals surface area contributed by atoms with Crippen LogP contribution in [0.5, 0.6) is 0 Å². The minimum Gasteiger partial charge on any atom is -0.350 e. The lowest BCUT2D eigenvalue weighted by atomic mass is 10.2. The number of aromatic nitrogens is 3. The Balaban J connectivity index is 1.60. The quantitative estimate of drug-likeness (QED) is 0.749. The third kappa shape index (κ3) is 3.79. The van der Waals surface area contributed by atoms with Gasteiger partial charge in [-0.3, -0.25) is 14.6 Å². The molecular formula is C17H16N4O2. The number of aryl methyl sites for hydroxylation is 1. The first-order valence-electron chi connectivity index (χ1n) is 7.37. The summed E-state index contributed by atoms with van der Waals surface area (Å²) >= 11 is 0. The Bertz CT molecular complexity index is 874. The largest absolute Gasteiger partial charge is 0.350 e. The summed E-state index contributed by atoms with van der Waals surface area (Å²) in [5.41, 5.74) is 2.33. The van der Waals surface area contributed by atoms with Crippen LogP contribution >= 0.6 is 0 Å². The van der Waals surface area contributed by atoms with Gasteiger partial charge < -0.3 is 10.3 Å². The summed E-state index contributed by atoms with van der Waals surface area (Å²) in [4.78, 5) is 35.1. The predicted octanol–water partition coefficient (Wildman–Crippen LogP) is 1.57. The molecule has 116 valence electrons. The first-order valence-corrected chi connectivity index (χ1v) is 7.37. The summed E-state index contributed by atoms with van der Waals surface area (Å²) in [6.45, 7) is 0.376. The van der Waals surface area contributed by atoms with Crippen molar-refractivity contribution in [2.45, 2.75) is 19.4 Å². The molecule has 0 aliphatic rings. The number of amides is 1.